The van der Waals surface area contributed by atoms with Crippen molar-refractivity contribution in [3.8, 4) is 0 Å². The molecule has 1 unspecified atom stereocenters. The van der Waals surface area contributed by atoms with Crippen molar-refractivity contribution in [1.29, 1.82) is 0 Å². The zero-order valence-corrected chi connectivity index (χ0v) is 20.6. The van der Waals surface area contributed by atoms with Gasteiger partial charge in [-0.05, 0) is 66.5 Å². The van der Waals surface area contributed by atoms with E-state index < -0.39 is 6.04 Å². The van der Waals surface area contributed by atoms with Crippen molar-refractivity contribution in [2.75, 3.05) is 6.54 Å². The minimum atomic E-state index is -0.679. The highest BCUT2D eigenvalue weighted by Gasteiger charge is 2.32. The van der Waals surface area contributed by atoms with E-state index in [4.69, 9.17) is 0 Å². The van der Waals surface area contributed by atoms with E-state index in [2.05, 4.69) is 29.4 Å². The van der Waals surface area contributed by atoms with Gasteiger partial charge in [-0.1, -0.05) is 49.6 Å². The van der Waals surface area contributed by atoms with E-state index >= 15 is 0 Å². The Balaban J connectivity index is 1.63. The van der Waals surface area contributed by atoms with E-state index in [0.29, 0.717) is 19.4 Å². The summed E-state index contributed by atoms with van der Waals surface area (Å²) in [5.74, 6) is -0.126. The molecule has 0 spiro atoms. The second kappa shape index (κ2) is 11.9. The van der Waals surface area contributed by atoms with E-state index in [9.17, 15) is 9.59 Å². The predicted molar refractivity (Wildman–Crippen MR) is 137 cm³/mol. The number of aryl methyl sites for hydroxylation is 1. The summed E-state index contributed by atoms with van der Waals surface area (Å²) in [5.41, 5.74) is 3.19. The quantitative estimate of drug-likeness (QED) is 0.459. The van der Waals surface area contributed by atoms with Crippen molar-refractivity contribution < 1.29 is 9.59 Å². The molecule has 1 atom stereocenters. The number of benzene rings is 1. The van der Waals surface area contributed by atoms with Gasteiger partial charge in [0.25, 0.3) is 0 Å². The summed E-state index contributed by atoms with van der Waals surface area (Å²) in [6.07, 6.45) is 9.88. The Bertz CT molecular complexity index is 1060. The first-order valence-corrected chi connectivity index (χ1v) is 13.1. The Hall–Kier alpha value is -2.99. The van der Waals surface area contributed by atoms with Crippen molar-refractivity contribution in [3.63, 3.8) is 0 Å². The molecule has 0 saturated heterocycles. The van der Waals surface area contributed by atoms with E-state index in [0.717, 1.165) is 36.1 Å². The van der Waals surface area contributed by atoms with Gasteiger partial charge in [-0.2, -0.15) is 0 Å². The average molecular weight is 476 g/mol. The van der Waals surface area contributed by atoms with E-state index in [-0.39, 0.29) is 17.9 Å². The average Bonchev–Trinajstić information content (AvgIpc) is 3.36. The molecule has 3 aromatic rings. The smallest absolute Gasteiger partial charge is 0.247 e. The molecule has 6 heteroatoms. The standard InChI is InChI=1S/C28H33N3O2S/c1-21-8-5-6-9-22(21)15-18-31(26(32)20-25-12-7-19-34-25)27(23-13-16-29-17-14-23)28(33)30-24-10-3-2-4-11-24/h5-9,12-14,16-17,19,24,27H,2-4,10-11,15,18,20H2,1H3,(H,30,33). The van der Waals surface area contributed by atoms with Gasteiger partial charge in [0.15, 0.2) is 0 Å². The van der Waals surface area contributed by atoms with E-state index in [1.807, 2.05) is 41.8 Å². The van der Waals surface area contributed by atoms with Crippen molar-refractivity contribution in [2.24, 2.45) is 0 Å². The number of pyridine rings is 1. The van der Waals surface area contributed by atoms with E-state index in [1.165, 1.54) is 17.5 Å². The number of aromatic nitrogens is 1. The maximum Gasteiger partial charge on any atom is 0.247 e. The van der Waals surface area contributed by atoms with E-state index in [1.54, 1.807) is 28.6 Å². The molecule has 1 saturated carbocycles. The van der Waals surface area contributed by atoms with Crippen LogP contribution in [0.3, 0.4) is 0 Å². The zero-order valence-electron chi connectivity index (χ0n) is 19.8. The maximum absolute atomic E-state index is 13.7. The fraction of sp³-hybridized carbons (Fsp3) is 0.393. The fourth-order valence-corrected chi connectivity index (χ4v) is 5.43. The third-order valence-electron chi connectivity index (χ3n) is 6.64. The first-order valence-electron chi connectivity index (χ1n) is 12.2. The molecular formula is C28H33N3O2S. The molecule has 1 aliphatic carbocycles. The molecule has 0 aliphatic heterocycles. The third kappa shape index (κ3) is 6.32. The highest BCUT2D eigenvalue weighted by atomic mass is 32.1. The van der Waals surface area contributed by atoms with Crippen LogP contribution in [0.25, 0.3) is 0 Å². The molecule has 1 aliphatic rings. The number of carbonyl (C=O) groups excluding carboxylic acids is 2. The van der Waals surface area contributed by atoms with Crippen LogP contribution < -0.4 is 5.32 Å². The Morgan fingerprint density at radius 2 is 1.82 bits per heavy atom. The summed E-state index contributed by atoms with van der Waals surface area (Å²) >= 11 is 1.57. The van der Waals surface area contributed by atoms with Crippen LogP contribution >= 0.6 is 11.3 Å². The fourth-order valence-electron chi connectivity index (χ4n) is 4.74. The highest BCUT2D eigenvalue weighted by Crippen LogP contribution is 2.26. The van der Waals surface area contributed by atoms with Gasteiger partial charge in [0.1, 0.15) is 6.04 Å². The number of nitrogens with zero attached hydrogens (tertiary/aromatic N) is 2. The van der Waals surface area contributed by atoms with Crippen LogP contribution in [0.5, 0.6) is 0 Å². The first kappa shape index (κ1) is 24.1. The maximum atomic E-state index is 13.7. The number of thiophene rings is 1. The van der Waals surface area contributed by atoms with Crippen molar-refractivity contribution in [3.05, 3.63) is 87.9 Å². The molecule has 2 heterocycles. The molecule has 178 valence electrons. The van der Waals surface area contributed by atoms with Crippen LogP contribution in [-0.2, 0) is 22.4 Å². The second-order valence-electron chi connectivity index (χ2n) is 9.05. The lowest BCUT2D eigenvalue weighted by Gasteiger charge is -2.33. The second-order valence-corrected chi connectivity index (χ2v) is 10.1. The lowest BCUT2D eigenvalue weighted by Crippen LogP contribution is -2.48. The molecule has 2 aromatic heterocycles. The van der Waals surface area contributed by atoms with Gasteiger partial charge in [0, 0.05) is 29.9 Å². The Labute approximate surface area is 206 Å². The summed E-state index contributed by atoms with van der Waals surface area (Å²) in [4.78, 5) is 34.3. The molecule has 5 nitrogen and oxygen atoms in total. The van der Waals surface area contributed by atoms with Gasteiger partial charge in [0.2, 0.25) is 11.8 Å². The molecule has 4 rings (SSSR count). The lowest BCUT2D eigenvalue weighted by atomic mass is 9.94. The molecule has 34 heavy (non-hydrogen) atoms. The highest BCUT2D eigenvalue weighted by molar-refractivity contribution is 7.10. The Kier molecular flexibility index (Phi) is 8.47. The summed E-state index contributed by atoms with van der Waals surface area (Å²) in [6, 6.07) is 15.4. The van der Waals surface area contributed by atoms with Crippen molar-refractivity contribution in [1.82, 2.24) is 15.2 Å². The molecule has 0 bridgehead atoms. The van der Waals surface area contributed by atoms with Crippen LogP contribution in [0.15, 0.2) is 66.3 Å². The number of hydrogen-bond acceptors (Lipinski definition) is 4. The Morgan fingerprint density at radius 1 is 1.06 bits per heavy atom. The molecule has 1 N–H and O–H groups in total. The first-order chi connectivity index (χ1) is 16.6. The normalized spacial score (nSPS) is 15.0. The zero-order chi connectivity index (χ0) is 23.8. The minimum Gasteiger partial charge on any atom is -0.351 e. The van der Waals surface area contributed by atoms with Crippen LogP contribution in [-0.4, -0.2) is 34.3 Å². The third-order valence-corrected chi connectivity index (χ3v) is 7.52. The van der Waals surface area contributed by atoms with Crippen molar-refractivity contribution in [2.45, 2.75) is 64.0 Å². The SMILES string of the molecule is Cc1ccccc1CCN(C(=O)Cc1cccs1)C(C(=O)NC1CCCCC1)c1ccncc1. The minimum absolute atomic E-state index is 0.0309. The largest absolute Gasteiger partial charge is 0.351 e. The van der Waals surface area contributed by atoms with Gasteiger partial charge in [-0.3, -0.25) is 14.6 Å². The van der Waals surface area contributed by atoms with Gasteiger partial charge in [-0.15, -0.1) is 11.3 Å². The van der Waals surface area contributed by atoms with Crippen LogP contribution in [0, 0.1) is 6.92 Å². The van der Waals surface area contributed by atoms with Gasteiger partial charge in [-0.25, -0.2) is 0 Å². The summed E-state index contributed by atoms with van der Waals surface area (Å²) in [5, 5.41) is 5.25. The predicted octanol–water partition coefficient (Wildman–Crippen LogP) is 5.26. The van der Waals surface area contributed by atoms with Crippen LogP contribution in [0.2, 0.25) is 0 Å². The molecule has 2 amide bonds. The van der Waals surface area contributed by atoms with Crippen molar-refractivity contribution >= 4 is 23.2 Å². The number of hydrogen-bond donors (Lipinski definition) is 1. The topological polar surface area (TPSA) is 62.3 Å². The van der Waals surface area contributed by atoms with Crippen LogP contribution in [0.1, 0.15) is 59.7 Å². The molecule has 1 fully saturated rings. The van der Waals surface area contributed by atoms with Gasteiger partial charge in [0.05, 0.1) is 6.42 Å². The van der Waals surface area contributed by atoms with Gasteiger partial charge >= 0.3 is 0 Å². The summed E-state index contributed by atoms with van der Waals surface area (Å²) < 4.78 is 0. The monoisotopic (exact) mass is 475 g/mol. The van der Waals surface area contributed by atoms with Gasteiger partial charge < -0.3 is 10.2 Å². The van der Waals surface area contributed by atoms with Crippen LogP contribution in [0.4, 0.5) is 0 Å². The number of amides is 2. The molecule has 0 radical (unpaired) electrons. The Morgan fingerprint density at radius 3 is 2.53 bits per heavy atom. The molecular weight excluding hydrogens is 442 g/mol. The summed E-state index contributed by atoms with van der Waals surface area (Å²) in [6.45, 7) is 2.56. The number of rotatable bonds is 9. The number of nitrogens with one attached hydrogen (secondary N) is 1. The number of carbonyl (C=O) groups is 2. The summed E-state index contributed by atoms with van der Waals surface area (Å²) in [7, 11) is 0. The lowest BCUT2D eigenvalue weighted by molar-refractivity contribution is -0.140. The molecule has 1 aromatic carbocycles.